The van der Waals surface area contributed by atoms with Crippen LogP contribution in [0.5, 0.6) is 5.75 Å². The van der Waals surface area contributed by atoms with Gasteiger partial charge in [-0.15, -0.1) is 0 Å². The molecular formula is C37H38N4O3. The van der Waals surface area contributed by atoms with Crippen LogP contribution in [0.4, 0.5) is 11.4 Å². The SMILES string of the molecule is Nc1cc(C(O)CN(CCc2ccc(NC(=O)Cc3ccccn3)cc2)Cc2ccccc2)ccc1OCc1ccccc1. The second-order valence-electron chi connectivity index (χ2n) is 10.8. The van der Waals surface area contributed by atoms with E-state index in [2.05, 4.69) is 27.3 Å². The van der Waals surface area contributed by atoms with Crippen LogP contribution in [0.15, 0.2) is 128 Å². The van der Waals surface area contributed by atoms with Gasteiger partial charge < -0.3 is 20.9 Å². The van der Waals surface area contributed by atoms with Crippen LogP contribution in [0.25, 0.3) is 0 Å². The average molecular weight is 587 g/mol. The van der Waals surface area contributed by atoms with E-state index in [4.69, 9.17) is 10.5 Å². The molecule has 44 heavy (non-hydrogen) atoms. The number of amides is 1. The molecular weight excluding hydrogens is 548 g/mol. The van der Waals surface area contributed by atoms with Crippen LogP contribution < -0.4 is 15.8 Å². The summed E-state index contributed by atoms with van der Waals surface area (Å²) in [5.74, 6) is 0.498. The van der Waals surface area contributed by atoms with E-state index in [-0.39, 0.29) is 12.3 Å². The Morgan fingerprint density at radius 3 is 2.23 bits per heavy atom. The summed E-state index contributed by atoms with van der Waals surface area (Å²) >= 11 is 0. The summed E-state index contributed by atoms with van der Waals surface area (Å²) in [5.41, 5.74) is 12.4. The number of pyridine rings is 1. The molecule has 0 spiro atoms. The van der Waals surface area contributed by atoms with E-state index in [0.717, 1.165) is 41.0 Å². The normalized spacial score (nSPS) is 11.7. The van der Waals surface area contributed by atoms with Gasteiger partial charge in [0.05, 0.1) is 18.2 Å². The van der Waals surface area contributed by atoms with Gasteiger partial charge in [-0.2, -0.15) is 0 Å². The van der Waals surface area contributed by atoms with E-state index in [9.17, 15) is 9.90 Å². The van der Waals surface area contributed by atoms with E-state index in [0.29, 0.717) is 31.1 Å². The van der Waals surface area contributed by atoms with Gasteiger partial charge in [-0.25, -0.2) is 0 Å². The Morgan fingerprint density at radius 2 is 1.55 bits per heavy atom. The Hall–Kier alpha value is -4.98. The third-order valence-electron chi connectivity index (χ3n) is 7.36. The summed E-state index contributed by atoms with van der Waals surface area (Å²) < 4.78 is 5.92. The minimum Gasteiger partial charge on any atom is -0.487 e. The van der Waals surface area contributed by atoms with E-state index in [1.165, 1.54) is 5.56 Å². The summed E-state index contributed by atoms with van der Waals surface area (Å²) in [6.45, 7) is 2.31. The Bertz CT molecular complexity index is 1600. The minimum absolute atomic E-state index is 0.101. The van der Waals surface area contributed by atoms with Gasteiger partial charge >= 0.3 is 0 Å². The highest BCUT2D eigenvalue weighted by atomic mass is 16.5. The predicted octanol–water partition coefficient (Wildman–Crippen LogP) is 6.20. The lowest BCUT2D eigenvalue weighted by Crippen LogP contribution is -2.30. The lowest BCUT2D eigenvalue weighted by atomic mass is 10.1. The molecule has 0 fully saturated rings. The zero-order valence-corrected chi connectivity index (χ0v) is 24.7. The maximum atomic E-state index is 12.4. The first-order valence-electron chi connectivity index (χ1n) is 14.8. The maximum absolute atomic E-state index is 12.4. The number of nitrogens with one attached hydrogen (secondary N) is 1. The lowest BCUT2D eigenvalue weighted by molar-refractivity contribution is -0.115. The average Bonchev–Trinajstić information content (AvgIpc) is 3.05. The molecule has 1 atom stereocenters. The van der Waals surface area contributed by atoms with Crippen molar-refractivity contribution >= 4 is 17.3 Å². The largest absolute Gasteiger partial charge is 0.487 e. The van der Waals surface area contributed by atoms with Crippen molar-refractivity contribution in [3.05, 3.63) is 155 Å². The van der Waals surface area contributed by atoms with Crippen molar-refractivity contribution in [1.82, 2.24) is 9.88 Å². The molecule has 1 amide bonds. The third kappa shape index (κ3) is 9.26. The Morgan fingerprint density at radius 1 is 0.841 bits per heavy atom. The number of aliphatic hydroxyl groups excluding tert-OH is 1. The zero-order chi connectivity index (χ0) is 30.6. The van der Waals surface area contributed by atoms with Crippen molar-refractivity contribution in [2.45, 2.75) is 32.1 Å². The first-order valence-corrected chi connectivity index (χ1v) is 14.8. The van der Waals surface area contributed by atoms with Crippen molar-refractivity contribution in [2.75, 3.05) is 24.1 Å². The molecule has 0 saturated heterocycles. The van der Waals surface area contributed by atoms with Crippen molar-refractivity contribution < 1.29 is 14.6 Å². The molecule has 4 N–H and O–H groups in total. The van der Waals surface area contributed by atoms with Gasteiger partial charge in [0.1, 0.15) is 12.4 Å². The molecule has 5 aromatic rings. The van der Waals surface area contributed by atoms with Gasteiger partial charge in [0.2, 0.25) is 5.91 Å². The first-order chi connectivity index (χ1) is 21.5. The molecule has 0 aliphatic heterocycles. The van der Waals surface area contributed by atoms with Gasteiger partial charge in [0, 0.05) is 37.2 Å². The fourth-order valence-electron chi connectivity index (χ4n) is 4.98. The molecule has 1 unspecified atom stereocenters. The number of nitrogens with zero attached hydrogens (tertiary/aromatic N) is 2. The van der Waals surface area contributed by atoms with Crippen molar-refractivity contribution in [2.24, 2.45) is 0 Å². The minimum atomic E-state index is -0.721. The highest BCUT2D eigenvalue weighted by Gasteiger charge is 2.16. The molecule has 4 aromatic carbocycles. The van der Waals surface area contributed by atoms with Crippen LogP contribution in [0.1, 0.15) is 34.1 Å². The zero-order valence-electron chi connectivity index (χ0n) is 24.7. The Kier molecular flexibility index (Phi) is 10.7. The number of ether oxygens (including phenoxy) is 1. The second kappa shape index (κ2) is 15.5. The Balaban J connectivity index is 1.18. The quantitative estimate of drug-likeness (QED) is 0.134. The van der Waals surface area contributed by atoms with Crippen molar-refractivity contribution in [3.63, 3.8) is 0 Å². The number of hydrogen-bond acceptors (Lipinski definition) is 6. The standard InChI is InChI=1S/C37H38N4O3/c38-34-23-31(16-19-36(34)44-27-30-11-5-2-6-12-30)35(42)26-41(25-29-9-3-1-4-10-29)22-20-28-14-17-32(18-15-28)40-37(43)24-33-13-7-8-21-39-33/h1-19,21,23,35,42H,20,22,24-27,38H2,(H,40,43). The Labute approximate surface area is 259 Å². The molecule has 5 rings (SSSR count). The third-order valence-corrected chi connectivity index (χ3v) is 7.36. The molecule has 224 valence electrons. The highest BCUT2D eigenvalue weighted by Crippen LogP contribution is 2.27. The topological polar surface area (TPSA) is 101 Å². The monoisotopic (exact) mass is 586 g/mol. The second-order valence-corrected chi connectivity index (χ2v) is 10.8. The van der Waals surface area contributed by atoms with Gasteiger partial charge in [0.15, 0.2) is 0 Å². The summed E-state index contributed by atoms with van der Waals surface area (Å²) in [4.78, 5) is 18.9. The number of nitrogen functional groups attached to an aromatic ring is 1. The van der Waals surface area contributed by atoms with Crippen molar-refractivity contribution in [3.8, 4) is 5.75 Å². The molecule has 0 aliphatic rings. The molecule has 0 radical (unpaired) electrons. The summed E-state index contributed by atoms with van der Waals surface area (Å²) in [6.07, 6.45) is 1.98. The van der Waals surface area contributed by atoms with E-state index in [1.54, 1.807) is 12.3 Å². The fourth-order valence-corrected chi connectivity index (χ4v) is 4.98. The van der Waals surface area contributed by atoms with Crippen LogP contribution >= 0.6 is 0 Å². The van der Waals surface area contributed by atoms with Gasteiger partial charge in [0.25, 0.3) is 0 Å². The molecule has 0 aliphatic carbocycles. The first kappa shape index (κ1) is 30.5. The van der Waals surface area contributed by atoms with Crippen LogP contribution in [0.3, 0.4) is 0 Å². The number of carbonyl (C=O) groups excluding carboxylic acids is 1. The van der Waals surface area contributed by atoms with Gasteiger partial charge in [-0.05, 0) is 65.1 Å². The number of rotatable bonds is 14. The van der Waals surface area contributed by atoms with Crippen molar-refractivity contribution in [1.29, 1.82) is 0 Å². The maximum Gasteiger partial charge on any atom is 0.230 e. The molecule has 0 saturated carbocycles. The smallest absolute Gasteiger partial charge is 0.230 e. The van der Waals surface area contributed by atoms with Crippen LogP contribution in [-0.2, 0) is 30.8 Å². The number of carbonyl (C=O) groups is 1. The predicted molar refractivity (Wildman–Crippen MR) is 175 cm³/mol. The van der Waals surface area contributed by atoms with E-state index in [1.807, 2.05) is 103 Å². The molecule has 7 nitrogen and oxygen atoms in total. The number of nitrogens with two attached hydrogens (primary N) is 1. The molecule has 1 aromatic heterocycles. The number of benzene rings is 4. The summed E-state index contributed by atoms with van der Waals surface area (Å²) in [6, 6.07) is 39.1. The summed E-state index contributed by atoms with van der Waals surface area (Å²) in [7, 11) is 0. The van der Waals surface area contributed by atoms with E-state index < -0.39 is 6.10 Å². The van der Waals surface area contributed by atoms with E-state index >= 15 is 0 Å². The van der Waals surface area contributed by atoms with Crippen LogP contribution in [0.2, 0.25) is 0 Å². The number of aliphatic hydroxyl groups is 1. The lowest BCUT2D eigenvalue weighted by Gasteiger charge is -2.26. The van der Waals surface area contributed by atoms with Gasteiger partial charge in [-0.1, -0.05) is 84.9 Å². The number of anilines is 2. The fraction of sp³-hybridized carbons (Fsp3) is 0.189. The number of aromatic nitrogens is 1. The highest BCUT2D eigenvalue weighted by molar-refractivity contribution is 5.92. The van der Waals surface area contributed by atoms with Crippen LogP contribution in [0, 0.1) is 0 Å². The summed E-state index contributed by atoms with van der Waals surface area (Å²) in [5, 5.41) is 14.2. The number of hydrogen-bond donors (Lipinski definition) is 3. The molecule has 7 heteroatoms. The van der Waals surface area contributed by atoms with Crippen LogP contribution in [-0.4, -0.2) is 34.0 Å². The van der Waals surface area contributed by atoms with Gasteiger partial charge in [-0.3, -0.25) is 14.7 Å². The molecule has 0 bridgehead atoms. The molecule has 1 heterocycles.